The molecule has 8 aromatic rings. The van der Waals surface area contributed by atoms with Gasteiger partial charge in [-0.15, -0.1) is 0 Å². The van der Waals surface area contributed by atoms with Crippen LogP contribution >= 0.6 is 0 Å². The zero-order valence-corrected chi connectivity index (χ0v) is 34.2. The summed E-state index contributed by atoms with van der Waals surface area (Å²) < 4.78 is 0. The molecule has 8 rings (SSSR count). The second kappa shape index (κ2) is 19.9. The summed E-state index contributed by atoms with van der Waals surface area (Å²) in [5.74, 6) is 5.64. The second-order valence-corrected chi connectivity index (χ2v) is 14.5. The summed E-state index contributed by atoms with van der Waals surface area (Å²) in [6.07, 6.45) is 7.60. The highest BCUT2D eigenvalue weighted by Crippen LogP contribution is 2.38. The van der Waals surface area contributed by atoms with Gasteiger partial charge >= 0.3 is 0 Å². The van der Waals surface area contributed by atoms with Gasteiger partial charge in [-0.05, 0) is 127 Å². The Kier molecular flexibility index (Phi) is 14.1. The number of fused-ring (bicyclic) bond motifs is 1. The molecule has 0 saturated heterocycles. The number of hydrogen-bond acceptors (Lipinski definition) is 7. The number of rotatable bonds is 13. The molecule has 0 aliphatic carbocycles. The molecule has 0 spiro atoms. The van der Waals surface area contributed by atoms with Crippen molar-refractivity contribution in [2.45, 2.75) is 13.8 Å². The van der Waals surface area contributed by atoms with Crippen molar-refractivity contribution in [2.75, 3.05) is 9.80 Å². The van der Waals surface area contributed by atoms with Crippen LogP contribution in [-0.2, 0) is 4.99 Å². The summed E-state index contributed by atoms with van der Waals surface area (Å²) in [5, 5.41) is 13.4. The van der Waals surface area contributed by atoms with E-state index in [2.05, 4.69) is 126 Å². The molecule has 0 atom stereocenters. The van der Waals surface area contributed by atoms with Gasteiger partial charge in [0.05, 0.1) is 10.3 Å². The maximum absolute atomic E-state index is 12.5. The standard InChI is InChI=1S/C52H42N4O4.2H2O/c1-37-13-25-45(26-14-37)54(43-9-5-3-6-10-43)47-29-21-39(22-30-47)17-19-41-34-50-49(51(35-41)56(57)58)33-42(36-52(50)59-60-53)20-18-40-23-31-48(32-24-40)55(44-11-7-4-8-12-44)46-27-15-38(2)16-28-46;;/h3-36H,53H2,1-2H3;2*1H2/b19-17-,20-18-;;. The van der Waals surface area contributed by atoms with Crippen LogP contribution in [0.1, 0.15) is 33.4 Å². The minimum Gasteiger partial charge on any atom is -0.412 e. The summed E-state index contributed by atoms with van der Waals surface area (Å²) in [7, 11) is 0. The second-order valence-electron chi connectivity index (χ2n) is 14.5. The number of aryl methyl sites for hydroxylation is 2. The summed E-state index contributed by atoms with van der Waals surface area (Å²) in [6, 6.07) is 60.6. The Bertz CT molecular complexity index is 2800. The minimum atomic E-state index is -0.385. The highest BCUT2D eigenvalue weighted by molar-refractivity contribution is 5.99. The molecule has 62 heavy (non-hydrogen) atoms. The van der Waals surface area contributed by atoms with Gasteiger partial charge in [-0.2, -0.15) is 5.90 Å². The number of non-ortho nitro benzene ring substituents is 1. The Hall–Kier alpha value is -7.86. The summed E-state index contributed by atoms with van der Waals surface area (Å²) in [5.41, 5.74) is 11.7. The molecule has 0 bridgehead atoms. The normalized spacial score (nSPS) is 11.0. The van der Waals surface area contributed by atoms with E-state index in [-0.39, 0.29) is 27.3 Å². The Morgan fingerprint density at radius 2 is 0.823 bits per heavy atom. The first-order valence-corrected chi connectivity index (χ1v) is 19.5. The van der Waals surface area contributed by atoms with Gasteiger partial charge in [0.1, 0.15) is 0 Å². The van der Waals surface area contributed by atoms with Gasteiger partial charge in [0.15, 0.2) is 5.75 Å². The van der Waals surface area contributed by atoms with Crippen molar-refractivity contribution in [1.29, 1.82) is 0 Å². The molecular weight excluding hydrogens is 777 g/mol. The molecule has 0 aliphatic heterocycles. The third-order valence-corrected chi connectivity index (χ3v) is 10.2. The lowest BCUT2D eigenvalue weighted by atomic mass is 10.00. The lowest BCUT2D eigenvalue weighted by molar-refractivity contribution is -0.383. The van der Waals surface area contributed by atoms with E-state index in [0.29, 0.717) is 21.9 Å². The Labute approximate surface area is 360 Å². The average Bonchev–Trinajstić information content (AvgIpc) is 3.28. The summed E-state index contributed by atoms with van der Waals surface area (Å²) >= 11 is 0. The molecule has 0 radical (unpaired) electrons. The molecule has 10 heteroatoms. The molecule has 0 aromatic heterocycles. The number of hydrogen-bond donors (Lipinski definition) is 1. The van der Waals surface area contributed by atoms with Crippen LogP contribution in [0.15, 0.2) is 182 Å². The molecule has 0 amide bonds. The number of nitro benzene ring substituents is 1. The molecule has 10 nitrogen and oxygen atoms in total. The first-order valence-electron chi connectivity index (χ1n) is 19.5. The topological polar surface area (TPSA) is 157 Å². The zero-order valence-electron chi connectivity index (χ0n) is 34.2. The van der Waals surface area contributed by atoms with Gasteiger partial charge < -0.3 is 25.6 Å². The number of anilines is 6. The highest BCUT2D eigenvalue weighted by Gasteiger charge is 2.19. The van der Waals surface area contributed by atoms with E-state index in [0.717, 1.165) is 45.3 Å². The Balaban J connectivity index is 0.00000321. The zero-order chi connectivity index (χ0) is 41.4. The van der Waals surface area contributed by atoms with E-state index in [1.54, 1.807) is 18.2 Å². The molecule has 0 saturated carbocycles. The quantitative estimate of drug-likeness (QED) is 0.0525. The number of para-hydroxylation sites is 2. The Morgan fingerprint density at radius 1 is 0.468 bits per heavy atom. The fraction of sp³-hybridized carbons (Fsp3) is 0.0385. The molecule has 0 fully saturated rings. The number of benzene rings is 8. The van der Waals surface area contributed by atoms with Gasteiger partial charge in [0.2, 0.25) is 0 Å². The van der Waals surface area contributed by atoms with Gasteiger partial charge in [-0.25, -0.2) is 0 Å². The van der Waals surface area contributed by atoms with Crippen molar-refractivity contribution in [3.63, 3.8) is 0 Å². The van der Waals surface area contributed by atoms with Gasteiger partial charge in [0.25, 0.3) is 5.69 Å². The predicted octanol–water partition coefficient (Wildman–Crippen LogP) is 12.2. The van der Waals surface area contributed by atoms with E-state index in [4.69, 9.17) is 10.8 Å². The lowest BCUT2D eigenvalue weighted by Gasteiger charge is -2.25. The van der Waals surface area contributed by atoms with E-state index in [1.165, 1.54) is 11.1 Å². The van der Waals surface area contributed by atoms with Crippen LogP contribution in [0.4, 0.5) is 39.8 Å². The number of nitro groups is 1. The van der Waals surface area contributed by atoms with E-state index in [9.17, 15) is 10.1 Å². The van der Waals surface area contributed by atoms with Crippen LogP contribution in [0, 0.1) is 24.0 Å². The fourth-order valence-electron chi connectivity index (χ4n) is 7.21. The SMILES string of the molecule is Cc1ccc(N(c2ccccc2)c2ccc(/C=C\c3cc([N+](=O)[O-])c4cc(/C=C\c5ccc(N(c6ccccc6)c6ccc(C)cc6)cc5)cc(OON)c4c3)cc2)cc1.O.O. The van der Waals surface area contributed by atoms with Crippen LogP contribution in [0.5, 0.6) is 5.75 Å². The molecule has 310 valence electrons. The smallest absolute Gasteiger partial charge is 0.277 e. The largest absolute Gasteiger partial charge is 0.412 e. The van der Waals surface area contributed by atoms with E-state index >= 15 is 0 Å². The monoisotopic (exact) mass is 822 g/mol. The number of nitrogens with zero attached hydrogens (tertiary/aromatic N) is 3. The average molecular weight is 823 g/mol. The van der Waals surface area contributed by atoms with E-state index < -0.39 is 0 Å². The van der Waals surface area contributed by atoms with Gasteiger partial charge in [-0.3, -0.25) is 10.1 Å². The molecule has 6 N–H and O–H groups in total. The third kappa shape index (κ3) is 9.94. The van der Waals surface area contributed by atoms with Crippen LogP contribution in [0.25, 0.3) is 35.1 Å². The van der Waals surface area contributed by atoms with Gasteiger partial charge in [-0.1, -0.05) is 125 Å². The van der Waals surface area contributed by atoms with Crippen molar-refractivity contribution in [2.24, 2.45) is 5.90 Å². The molecule has 0 heterocycles. The summed E-state index contributed by atoms with van der Waals surface area (Å²) in [6.45, 7) is 4.15. The van der Waals surface area contributed by atoms with Crippen LogP contribution in [-0.4, -0.2) is 15.9 Å². The predicted molar refractivity (Wildman–Crippen MR) is 253 cm³/mol. The van der Waals surface area contributed by atoms with E-state index in [1.807, 2.05) is 91.0 Å². The van der Waals surface area contributed by atoms with Crippen LogP contribution in [0.2, 0.25) is 0 Å². The molecular formula is C52H46N4O6. The fourth-order valence-corrected chi connectivity index (χ4v) is 7.21. The minimum absolute atomic E-state index is 0. The first-order chi connectivity index (χ1) is 29.3. The Morgan fingerprint density at radius 3 is 1.23 bits per heavy atom. The lowest BCUT2D eigenvalue weighted by Crippen LogP contribution is -2.09. The van der Waals surface area contributed by atoms with Crippen molar-refractivity contribution >= 4 is 74.9 Å². The van der Waals surface area contributed by atoms with Crippen molar-refractivity contribution < 1.29 is 25.8 Å². The highest BCUT2D eigenvalue weighted by atomic mass is 17.3. The molecule has 8 aromatic carbocycles. The van der Waals surface area contributed by atoms with Crippen molar-refractivity contribution in [3.05, 3.63) is 225 Å². The molecule has 0 unspecified atom stereocenters. The maximum atomic E-state index is 12.5. The molecule has 0 aliphatic rings. The summed E-state index contributed by atoms with van der Waals surface area (Å²) in [4.78, 5) is 26.6. The van der Waals surface area contributed by atoms with Crippen LogP contribution < -0.4 is 20.6 Å². The van der Waals surface area contributed by atoms with Gasteiger partial charge in [0, 0.05) is 45.6 Å². The van der Waals surface area contributed by atoms with Crippen molar-refractivity contribution in [3.8, 4) is 5.75 Å². The third-order valence-electron chi connectivity index (χ3n) is 10.2. The first kappa shape index (κ1) is 43.7. The maximum Gasteiger partial charge on any atom is 0.277 e. The van der Waals surface area contributed by atoms with Crippen LogP contribution in [0.3, 0.4) is 0 Å². The number of nitrogens with two attached hydrogens (primary N) is 1. The van der Waals surface area contributed by atoms with Crippen molar-refractivity contribution in [1.82, 2.24) is 0 Å².